The number of aromatic nitrogens is 2. The molecule has 118 valence electrons. The second-order valence-corrected chi connectivity index (χ2v) is 5.42. The third-order valence-electron chi connectivity index (χ3n) is 2.36. The highest BCUT2D eigenvalue weighted by Crippen LogP contribution is 2.04. The Bertz CT molecular complexity index is 447. The molecule has 2 heterocycles. The third-order valence-corrected chi connectivity index (χ3v) is 2.36. The molecule has 1 aliphatic heterocycles. The Labute approximate surface area is 127 Å². The van der Waals surface area contributed by atoms with Crippen molar-refractivity contribution in [2.45, 2.75) is 40.5 Å². The van der Waals surface area contributed by atoms with Gasteiger partial charge in [0, 0.05) is 11.9 Å². The summed E-state index contributed by atoms with van der Waals surface area (Å²) in [7, 11) is 1.50. The normalized spacial score (nSPS) is 12.8. The van der Waals surface area contributed by atoms with Crippen LogP contribution in [0.15, 0.2) is 22.5 Å². The molecule has 0 saturated heterocycles. The molecule has 1 aromatic rings. The van der Waals surface area contributed by atoms with E-state index in [1.54, 1.807) is 12.5 Å². The number of H-pyrrole nitrogens is 1. The highest BCUT2D eigenvalue weighted by Gasteiger charge is 2.08. The third kappa shape index (κ3) is 9.67. The second-order valence-electron chi connectivity index (χ2n) is 5.42. The lowest BCUT2D eigenvalue weighted by molar-refractivity contribution is 0.257. The molecular formula is C15H27N5O. The van der Waals surface area contributed by atoms with Crippen LogP contribution in [0.3, 0.4) is 0 Å². The fourth-order valence-electron chi connectivity index (χ4n) is 1.66. The summed E-state index contributed by atoms with van der Waals surface area (Å²) >= 11 is 0. The van der Waals surface area contributed by atoms with Gasteiger partial charge in [-0.3, -0.25) is 0 Å². The van der Waals surface area contributed by atoms with Crippen molar-refractivity contribution in [2.24, 2.45) is 27.6 Å². The number of aliphatic imine (C=N–C) groups is 2. The Morgan fingerprint density at radius 1 is 1.14 bits per heavy atom. The Morgan fingerprint density at radius 2 is 1.76 bits per heavy atom. The van der Waals surface area contributed by atoms with Gasteiger partial charge in [-0.05, 0) is 31.7 Å². The van der Waals surface area contributed by atoms with Crippen molar-refractivity contribution in [3.05, 3.63) is 18.2 Å². The van der Waals surface area contributed by atoms with Gasteiger partial charge in [-0.2, -0.15) is 9.98 Å². The van der Waals surface area contributed by atoms with E-state index in [0.717, 1.165) is 18.6 Å². The van der Waals surface area contributed by atoms with E-state index >= 15 is 0 Å². The standard InChI is InChI=1S/C7H10N2O.C7H12N2.CH5N/c1-5(2)3-6-4-8-7(10)9-6;1-6(2)3-7-4-8-5-9-7;1-2/h4-5H,3H2,1-2H3;4-6H,3H2,1-2H3,(H,8,9);2H2,1H3. The number of carbonyl (C=O) groups is 1. The lowest BCUT2D eigenvalue weighted by Gasteiger charge is -1.98. The smallest absolute Gasteiger partial charge is 0.348 e. The summed E-state index contributed by atoms with van der Waals surface area (Å²) in [6.45, 7) is 8.56. The van der Waals surface area contributed by atoms with Crippen LogP contribution in [-0.2, 0) is 6.42 Å². The number of urea groups is 1. The number of rotatable bonds is 4. The van der Waals surface area contributed by atoms with Gasteiger partial charge in [0.05, 0.1) is 18.3 Å². The summed E-state index contributed by atoms with van der Waals surface area (Å²) in [5.74, 6) is 1.25. The Kier molecular flexibility index (Phi) is 9.96. The van der Waals surface area contributed by atoms with E-state index in [0.29, 0.717) is 11.8 Å². The molecule has 0 unspecified atom stereocenters. The Balaban J connectivity index is 0.000000342. The molecule has 0 fully saturated rings. The fraction of sp³-hybridized carbons (Fsp3) is 0.600. The summed E-state index contributed by atoms with van der Waals surface area (Å²) in [5.41, 5.74) is 6.53. The maximum absolute atomic E-state index is 10.4. The number of amides is 2. The van der Waals surface area contributed by atoms with Crippen molar-refractivity contribution in [1.29, 1.82) is 0 Å². The summed E-state index contributed by atoms with van der Waals surface area (Å²) < 4.78 is 0. The zero-order valence-corrected chi connectivity index (χ0v) is 13.6. The molecule has 0 aromatic carbocycles. The molecular weight excluding hydrogens is 266 g/mol. The summed E-state index contributed by atoms with van der Waals surface area (Å²) in [4.78, 5) is 24.6. The number of nitrogens with two attached hydrogens (primary N) is 1. The van der Waals surface area contributed by atoms with Crippen molar-refractivity contribution in [3.8, 4) is 0 Å². The molecule has 0 spiro atoms. The quantitative estimate of drug-likeness (QED) is 0.893. The Hall–Kier alpha value is -1.82. The minimum Gasteiger partial charge on any atom is -0.348 e. The van der Waals surface area contributed by atoms with Crippen molar-refractivity contribution < 1.29 is 4.79 Å². The second kappa shape index (κ2) is 10.9. The summed E-state index contributed by atoms with van der Waals surface area (Å²) in [6.07, 6.45) is 7.08. The first-order valence-corrected chi connectivity index (χ1v) is 7.18. The minimum absolute atomic E-state index is 0.365. The summed E-state index contributed by atoms with van der Waals surface area (Å²) in [5, 5.41) is 0. The number of hydrogen-bond donors (Lipinski definition) is 2. The fourth-order valence-corrected chi connectivity index (χ4v) is 1.66. The van der Waals surface area contributed by atoms with Gasteiger partial charge < -0.3 is 10.7 Å². The van der Waals surface area contributed by atoms with Crippen LogP contribution < -0.4 is 5.73 Å². The molecule has 6 nitrogen and oxygen atoms in total. The minimum atomic E-state index is -0.365. The van der Waals surface area contributed by atoms with E-state index in [-0.39, 0.29) is 6.03 Å². The van der Waals surface area contributed by atoms with E-state index in [1.807, 2.05) is 6.20 Å². The average molecular weight is 293 g/mol. The SMILES string of the molecule is CC(C)CC1=NC(=O)N=C1.CC(C)Cc1cnc[nH]1.CN. The zero-order chi connectivity index (χ0) is 16.3. The molecule has 0 atom stereocenters. The topological polar surface area (TPSA) is 96.5 Å². The number of aromatic amines is 1. The predicted octanol–water partition coefficient (Wildman–Crippen LogP) is 2.86. The highest BCUT2D eigenvalue weighted by atomic mass is 16.2. The van der Waals surface area contributed by atoms with Crippen LogP contribution in [0, 0.1) is 11.8 Å². The maximum atomic E-state index is 10.4. The lowest BCUT2D eigenvalue weighted by Crippen LogP contribution is -2.01. The molecule has 0 aliphatic carbocycles. The van der Waals surface area contributed by atoms with Crippen LogP contribution in [0.4, 0.5) is 4.79 Å². The number of nitrogens with one attached hydrogen (secondary N) is 1. The molecule has 2 amide bonds. The lowest BCUT2D eigenvalue weighted by atomic mass is 10.1. The Morgan fingerprint density at radius 3 is 2.14 bits per heavy atom. The molecule has 0 bridgehead atoms. The predicted molar refractivity (Wildman–Crippen MR) is 88.0 cm³/mol. The van der Waals surface area contributed by atoms with Gasteiger partial charge in [0.15, 0.2) is 0 Å². The van der Waals surface area contributed by atoms with E-state index in [9.17, 15) is 4.79 Å². The molecule has 21 heavy (non-hydrogen) atoms. The van der Waals surface area contributed by atoms with Gasteiger partial charge in [0.2, 0.25) is 0 Å². The molecule has 6 heteroatoms. The molecule has 3 N–H and O–H groups in total. The average Bonchev–Trinajstić information content (AvgIpc) is 3.03. The van der Waals surface area contributed by atoms with Crippen LogP contribution in [0.1, 0.15) is 39.8 Å². The molecule has 0 saturated carbocycles. The van der Waals surface area contributed by atoms with Gasteiger partial charge in [-0.25, -0.2) is 9.78 Å². The van der Waals surface area contributed by atoms with Gasteiger partial charge >= 0.3 is 6.03 Å². The first kappa shape index (κ1) is 19.2. The number of hydrogen-bond acceptors (Lipinski definition) is 3. The molecule has 1 aromatic heterocycles. The van der Waals surface area contributed by atoms with Gasteiger partial charge in [-0.1, -0.05) is 27.7 Å². The van der Waals surface area contributed by atoms with Gasteiger partial charge in [-0.15, -0.1) is 0 Å². The largest absolute Gasteiger partial charge is 0.367 e. The van der Waals surface area contributed by atoms with Gasteiger partial charge in [0.1, 0.15) is 0 Å². The summed E-state index contributed by atoms with van der Waals surface area (Å²) in [6, 6.07) is -0.365. The van der Waals surface area contributed by atoms with Crippen molar-refractivity contribution in [3.63, 3.8) is 0 Å². The number of imidazole rings is 1. The van der Waals surface area contributed by atoms with Crippen LogP contribution in [-0.4, -0.2) is 35.0 Å². The van der Waals surface area contributed by atoms with E-state index in [4.69, 9.17) is 0 Å². The first-order chi connectivity index (χ1) is 9.97. The first-order valence-electron chi connectivity index (χ1n) is 7.18. The van der Waals surface area contributed by atoms with Crippen LogP contribution in [0.2, 0.25) is 0 Å². The monoisotopic (exact) mass is 293 g/mol. The van der Waals surface area contributed by atoms with Crippen molar-refractivity contribution in [1.82, 2.24) is 9.97 Å². The van der Waals surface area contributed by atoms with Crippen LogP contribution in [0.25, 0.3) is 0 Å². The van der Waals surface area contributed by atoms with Gasteiger partial charge in [0.25, 0.3) is 0 Å². The maximum Gasteiger partial charge on any atom is 0.367 e. The van der Waals surface area contributed by atoms with E-state index < -0.39 is 0 Å². The van der Waals surface area contributed by atoms with E-state index in [1.165, 1.54) is 12.7 Å². The molecule has 0 radical (unpaired) electrons. The molecule has 1 aliphatic rings. The number of carbonyl (C=O) groups excluding carboxylic acids is 1. The molecule has 2 rings (SSSR count). The number of nitrogens with zero attached hydrogens (tertiary/aromatic N) is 3. The van der Waals surface area contributed by atoms with Crippen molar-refractivity contribution >= 4 is 18.0 Å². The van der Waals surface area contributed by atoms with Crippen LogP contribution in [0.5, 0.6) is 0 Å². The van der Waals surface area contributed by atoms with Crippen LogP contribution >= 0.6 is 0 Å². The van der Waals surface area contributed by atoms with Crippen molar-refractivity contribution in [2.75, 3.05) is 7.05 Å². The zero-order valence-electron chi connectivity index (χ0n) is 13.6. The van der Waals surface area contributed by atoms with E-state index in [2.05, 4.69) is 53.4 Å². The highest BCUT2D eigenvalue weighted by molar-refractivity contribution is 6.37.